The molecule has 37 heavy (non-hydrogen) atoms. The summed E-state index contributed by atoms with van der Waals surface area (Å²) in [5.74, 6) is -0.438. The Bertz CT molecular complexity index is 1660. The normalized spacial score (nSPS) is 14.4. The van der Waals surface area contributed by atoms with Crippen molar-refractivity contribution in [1.29, 1.82) is 0 Å². The zero-order valence-corrected chi connectivity index (χ0v) is 22.7. The van der Waals surface area contributed by atoms with Crippen LogP contribution in [0.15, 0.2) is 47.4 Å². The molecule has 3 heterocycles. The van der Waals surface area contributed by atoms with E-state index in [-0.39, 0.29) is 10.6 Å². The molecule has 1 amide bonds. The van der Waals surface area contributed by atoms with Crippen LogP contribution in [0.2, 0.25) is 5.02 Å². The second-order valence-corrected chi connectivity index (χ2v) is 11.8. The smallest absolute Gasteiger partial charge is 0.276 e. The van der Waals surface area contributed by atoms with Gasteiger partial charge in [-0.05, 0) is 81.5 Å². The van der Waals surface area contributed by atoms with Crippen molar-refractivity contribution in [2.24, 2.45) is 0 Å². The molecule has 0 aliphatic carbocycles. The summed E-state index contributed by atoms with van der Waals surface area (Å²) in [4.78, 5) is 18.5. The van der Waals surface area contributed by atoms with Crippen LogP contribution in [0.3, 0.4) is 0 Å². The van der Waals surface area contributed by atoms with Crippen molar-refractivity contribution in [2.45, 2.75) is 45.4 Å². The Morgan fingerprint density at radius 3 is 2.49 bits per heavy atom. The van der Waals surface area contributed by atoms with Crippen molar-refractivity contribution in [3.05, 3.63) is 75.7 Å². The van der Waals surface area contributed by atoms with Gasteiger partial charge in [0.2, 0.25) is 10.0 Å². The highest BCUT2D eigenvalue weighted by molar-refractivity contribution is 7.89. The number of nitrogens with zero attached hydrogens (tertiary/aromatic N) is 4. The van der Waals surface area contributed by atoms with E-state index >= 15 is 0 Å². The molecule has 0 saturated carbocycles. The fourth-order valence-corrected chi connectivity index (χ4v) is 6.71. The van der Waals surface area contributed by atoms with Crippen LogP contribution in [0.4, 0.5) is 5.69 Å². The van der Waals surface area contributed by atoms with Gasteiger partial charge >= 0.3 is 0 Å². The number of aryl methyl sites for hydroxylation is 3. The summed E-state index contributed by atoms with van der Waals surface area (Å²) in [6.07, 6.45) is 1.70. The molecule has 192 valence electrons. The number of aromatic nitrogens is 3. The maximum Gasteiger partial charge on any atom is 0.276 e. The predicted octanol–water partition coefficient (Wildman–Crippen LogP) is 5.32. The highest BCUT2D eigenvalue weighted by Crippen LogP contribution is 2.34. The second-order valence-electron chi connectivity index (χ2n) is 9.46. The monoisotopic (exact) mass is 537 g/mol. The number of hydrogen-bond donors (Lipinski definition) is 1. The largest absolute Gasteiger partial charge is 0.320 e. The zero-order chi connectivity index (χ0) is 26.5. The number of rotatable bonds is 5. The van der Waals surface area contributed by atoms with Gasteiger partial charge in [-0.3, -0.25) is 4.79 Å². The van der Waals surface area contributed by atoms with Crippen LogP contribution in [0.5, 0.6) is 0 Å². The van der Waals surface area contributed by atoms with Gasteiger partial charge in [-0.1, -0.05) is 29.8 Å². The first-order chi connectivity index (χ1) is 17.6. The van der Waals surface area contributed by atoms with Crippen molar-refractivity contribution < 1.29 is 13.2 Å². The van der Waals surface area contributed by atoms with E-state index < -0.39 is 15.9 Å². The lowest BCUT2D eigenvalue weighted by Crippen LogP contribution is -2.28. The van der Waals surface area contributed by atoms with Crippen LogP contribution in [-0.2, 0) is 10.0 Å². The van der Waals surface area contributed by atoms with Crippen LogP contribution in [0.25, 0.3) is 16.8 Å². The second kappa shape index (κ2) is 9.55. The Kier molecular flexibility index (Phi) is 6.55. The molecule has 5 rings (SSSR count). The maximum absolute atomic E-state index is 13.6. The third kappa shape index (κ3) is 4.52. The van der Waals surface area contributed by atoms with E-state index in [4.69, 9.17) is 11.6 Å². The molecular formula is C27H28ClN5O3S. The minimum Gasteiger partial charge on any atom is -0.320 e. The molecule has 2 aromatic heterocycles. The maximum atomic E-state index is 13.6. The lowest BCUT2D eigenvalue weighted by molar-refractivity contribution is 0.102. The van der Waals surface area contributed by atoms with Crippen LogP contribution >= 0.6 is 11.6 Å². The Morgan fingerprint density at radius 1 is 1.03 bits per heavy atom. The average molecular weight is 538 g/mol. The Hall–Kier alpha value is -3.27. The summed E-state index contributed by atoms with van der Waals surface area (Å²) in [7, 11) is -3.67. The van der Waals surface area contributed by atoms with E-state index in [0.717, 1.165) is 29.8 Å². The van der Waals surface area contributed by atoms with E-state index in [0.29, 0.717) is 46.1 Å². The molecular weight excluding hydrogens is 510 g/mol. The van der Waals surface area contributed by atoms with Gasteiger partial charge in [-0.15, -0.1) is 0 Å². The molecule has 1 fully saturated rings. The summed E-state index contributed by atoms with van der Waals surface area (Å²) >= 11 is 6.26. The zero-order valence-electron chi connectivity index (χ0n) is 21.2. The quantitative estimate of drug-likeness (QED) is 0.371. The number of nitrogens with one attached hydrogen (secondary N) is 1. The highest BCUT2D eigenvalue weighted by Gasteiger charge is 2.30. The van der Waals surface area contributed by atoms with Crippen LogP contribution in [0.1, 0.15) is 45.8 Å². The first kappa shape index (κ1) is 25.4. The number of anilines is 1. The van der Waals surface area contributed by atoms with E-state index in [9.17, 15) is 13.2 Å². The van der Waals surface area contributed by atoms with Crippen molar-refractivity contribution in [3.63, 3.8) is 0 Å². The molecule has 0 radical (unpaired) electrons. The summed E-state index contributed by atoms with van der Waals surface area (Å²) in [6.45, 7) is 8.39. The van der Waals surface area contributed by atoms with Gasteiger partial charge in [0.1, 0.15) is 0 Å². The number of amides is 1. The molecule has 1 aliphatic rings. The summed E-state index contributed by atoms with van der Waals surface area (Å²) in [6, 6.07) is 12.4. The van der Waals surface area contributed by atoms with Crippen molar-refractivity contribution >= 4 is 38.9 Å². The minimum atomic E-state index is -3.67. The number of hydrogen-bond acceptors (Lipinski definition) is 5. The molecule has 4 aromatic rings. The molecule has 1 aliphatic heterocycles. The van der Waals surface area contributed by atoms with Gasteiger partial charge in [0.05, 0.1) is 10.5 Å². The average Bonchev–Trinajstić information content (AvgIpc) is 3.52. The Labute approximate surface area is 221 Å². The van der Waals surface area contributed by atoms with Gasteiger partial charge in [0.15, 0.2) is 11.3 Å². The summed E-state index contributed by atoms with van der Waals surface area (Å²) in [5, 5.41) is 8.08. The molecule has 0 unspecified atom stereocenters. The highest BCUT2D eigenvalue weighted by atomic mass is 35.5. The lowest BCUT2D eigenvalue weighted by Gasteiger charge is -2.18. The first-order valence-electron chi connectivity index (χ1n) is 12.1. The SMILES string of the molecule is Cc1cc(C)n2nc(C(=O)Nc3cccc(Cl)c3C)c(-c3ccc(C)c(S(=O)(=O)N4CCCC4)c3)c2n1. The summed E-state index contributed by atoms with van der Waals surface area (Å²) in [5.41, 5.74) is 5.19. The van der Waals surface area contributed by atoms with E-state index in [1.54, 1.807) is 41.8 Å². The number of carbonyl (C=O) groups is 1. The third-order valence-electron chi connectivity index (χ3n) is 6.79. The van der Waals surface area contributed by atoms with Crippen molar-refractivity contribution in [2.75, 3.05) is 18.4 Å². The Morgan fingerprint density at radius 2 is 1.76 bits per heavy atom. The van der Waals surface area contributed by atoms with Gasteiger partial charge in [-0.2, -0.15) is 9.40 Å². The molecule has 0 spiro atoms. The van der Waals surface area contributed by atoms with Crippen molar-refractivity contribution in [3.8, 4) is 11.1 Å². The van der Waals surface area contributed by atoms with E-state index in [1.165, 1.54) is 4.31 Å². The molecule has 1 saturated heterocycles. The fourth-order valence-electron chi connectivity index (χ4n) is 4.77. The summed E-state index contributed by atoms with van der Waals surface area (Å²) < 4.78 is 30.1. The topological polar surface area (TPSA) is 96.7 Å². The predicted molar refractivity (Wildman–Crippen MR) is 145 cm³/mol. The third-order valence-corrected chi connectivity index (χ3v) is 9.24. The fraction of sp³-hybridized carbons (Fsp3) is 0.296. The van der Waals surface area contributed by atoms with E-state index in [1.807, 2.05) is 32.9 Å². The van der Waals surface area contributed by atoms with Gasteiger partial charge < -0.3 is 5.32 Å². The molecule has 8 nitrogen and oxygen atoms in total. The first-order valence-corrected chi connectivity index (χ1v) is 13.9. The number of carbonyl (C=O) groups excluding carboxylic acids is 1. The number of sulfonamides is 1. The van der Waals surface area contributed by atoms with Crippen LogP contribution in [0, 0.1) is 27.7 Å². The molecule has 2 aromatic carbocycles. The van der Waals surface area contributed by atoms with Gasteiger partial charge in [0.25, 0.3) is 5.91 Å². The number of halogens is 1. The van der Waals surface area contributed by atoms with Crippen molar-refractivity contribution in [1.82, 2.24) is 18.9 Å². The number of benzene rings is 2. The minimum absolute atomic E-state index is 0.147. The van der Waals surface area contributed by atoms with Crippen LogP contribution < -0.4 is 5.32 Å². The van der Waals surface area contributed by atoms with Gasteiger partial charge in [0, 0.05) is 35.2 Å². The van der Waals surface area contributed by atoms with Crippen LogP contribution in [-0.4, -0.2) is 46.3 Å². The Balaban J connectivity index is 1.69. The number of fused-ring (bicyclic) bond motifs is 1. The standard InChI is InChI=1S/C27H28ClN5O3S/c1-16-10-11-20(15-23(16)37(35,36)32-12-5-6-13-32)24-25(31-33-18(3)14-17(2)29-26(24)33)27(34)30-22-9-7-8-21(28)19(22)4/h7-11,14-15H,5-6,12-13H2,1-4H3,(H,30,34). The van der Waals surface area contributed by atoms with Gasteiger partial charge in [-0.25, -0.2) is 17.9 Å². The van der Waals surface area contributed by atoms with E-state index in [2.05, 4.69) is 15.4 Å². The molecule has 0 atom stereocenters. The molecule has 10 heteroatoms. The lowest BCUT2D eigenvalue weighted by atomic mass is 10.0. The molecule has 0 bridgehead atoms. The molecule has 1 N–H and O–H groups in total.